The highest BCUT2D eigenvalue weighted by Crippen LogP contribution is 2.37. The number of fused-ring (bicyclic) bond motifs is 1. The number of nitrogens with one attached hydrogen (secondary N) is 1. The summed E-state index contributed by atoms with van der Waals surface area (Å²) in [6, 6.07) is 8.82. The Morgan fingerprint density at radius 1 is 1.11 bits per heavy atom. The number of aromatic nitrogens is 2. The molecule has 0 atom stereocenters. The summed E-state index contributed by atoms with van der Waals surface area (Å²) in [5, 5.41) is 0. The van der Waals surface area contributed by atoms with E-state index in [0.29, 0.717) is 12.5 Å². The van der Waals surface area contributed by atoms with E-state index in [0.717, 1.165) is 75.7 Å². The number of rotatable bonds is 4. The molecule has 1 N–H and O–H groups in total. The minimum Gasteiger partial charge on any atom is -0.378 e. The second-order valence-corrected chi connectivity index (χ2v) is 7.88. The van der Waals surface area contributed by atoms with Crippen molar-refractivity contribution in [2.45, 2.75) is 38.3 Å². The van der Waals surface area contributed by atoms with Crippen molar-refractivity contribution in [2.75, 3.05) is 37.7 Å². The molecule has 142 valence electrons. The van der Waals surface area contributed by atoms with Crippen molar-refractivity contribution in [3.05, 3.63) is 57.3 Å². The summed E-state index contributed by atoms with van der Waals surface area (Å²) in [5.74, 6) is 1.40. The first-order chi connectivity index (χ1) is 13.3. The van der Waals surface area contributed by atoms with Crippen molar-refractivity contribution in [1.82, 2.24) is 14.9 Å². The smallest absolute Gasteiger partial charge is 0.255 e. The molecular weight excluding hydrogens is 340 g/mol. The number of hydrogen-bond acceptors (Lipinski definition) is 5. The van der Waals surface area contributed by atoms with Crippen molar-refractivity contribution >= 4 is 5.69 Å². The number of nitrogens with zero attached hydrogens (tertiary/aromatic N) is 3. The van der Waals surface area contributed by atoms with Crippen LogP contribution in [-0.2, 0) is 24.2 Å². The maximum atomic E-state index is 12.5. The molecule has 5 rings (SSSR count). The van der Waals surface area contributed by atoms with Crippen molar-refractivity contribution in [3.63, 3.8) is 0 Å². The van der Waals surface area contributed by atoms with Gasteiger partial charge in [0.25, 0.3) is 5.56 Å². The third-order valence-corrected chi connectivity index (χ3v) is 5.85. The van der Waals surface area contributed by atoms with Crippen molar-refractivity contribution in [3.8, 4) is 0 Å². The highest BCUT2D eigenvalue weighted by atomic mass is 16.5. The van der Waals surface area contributed by atoms with Gasteiger partial charge in [-0.1, -0.05) is 12.1 Å². The molecular formula is C21H26N4O2. The Morgan fingerprint density at radius 2 is 1.89 bits per heavy atom. The van der Waals surface area contributed by atoms with Gasteiger partial charge < -0.3 is 14.6 Å². The number of H-pyrrole nitrogens is 1. The molecule has 0 bridgehead atoms. The van der Waals surface area contributed by atoms with Crippen LogP contribution >= 0.6 is 0 Å². The van der Waals surface area contributed by atoms with Crippen LogP contribution in [0.15, 0.2) is 29.1 Å². The van der Waals surface area contributed by atoms with Crippen LogP contribution in [0.5, 0.6) is 0 Å². The standard InChI is InChI=1S/C21H26N4O2/c26-21-18-14-24(8-7-19(18)22-20(23-21)16-3-4-16)13-15-1-5-17(6-2-15)25-9-11-27-12-10-25/h1-2,5-6,16H,3-4,7-14H2,(H,22,23,26). The minimum absolute atomic E-state index is 0.0641. The molecule has 3 aliphatic rings. The molecule has 6 nitrogen and oxygen atoms in total. The number of hydrogen-bond donors (Lipinski definition) is 1. The van der Waals surface area contributed by atoms with E-state index in [1.165, 1.54) is 11.3 Å². The molecule has 1 aliphatic carbocycles. The largest absolute Gasteiger partial charge is 0.378 e. The van der Waals surface area contributed by atoms with Crippen LogP contribution in [0.25, 0.3) is 0 Å². The average Bonchev–Trinajstić information content (AvgIpc) is 3.55. The second kappa shape index (κ2) is 7.09. The Hall–Kier alpha value is -2.18. The van der Waals surface area contributed by atoms with Crippen molar-refractivity contribution < 1.29 is 4.74 Å². The second-order valence-electron chi connectivity index (χ2n) is 7.88. The summed E-state index contributed by atoms with van der Waals surface area (Å²) in [6.45, 7) is 6.04. The van der Waals surface area contributed by atoms with Gasteiger partial charge >= 0.3 is 0 Å². The lowest BCUT2D eigenvalue weighted by Gasteiger charge is -2.30. The Bertz CT molecular complexity index is 867. The SMILES string of the molecule is O=c1[nH]c(C2CC2)nc2c1CN(Cc1ccc(N3CCOCC3)cc1)CC2. The Balaban J connectivity index is 1.26. The first-order valence-electron chi connectivity index (χ1n) is 10.0. The summed E-state index contributed by atoms with van der Waals surface area (Å²) in [6.07, 6.45) is 3.19. The Labute approximate surface area is 159 Å². The molecule has 2 fully saturated rings. The highest BCUT2D eigenvalue weighted by molar-refractivity contribution is 5.48. The third kappa shape index (κ3) is 3.64. The number of aromatic amines is 1. The first kappa shape index (κ1) is 17.0. The van der Waals surface area contributed by atoms with Crippen LogP contribution in [-0.4, -0.2) is 47.7 Å². The maximum Gasteiger partial charge on any atom is 0.255 e. The lowest BCUT2D eigenvalue weighted by atomic mass is 10.1. The van der Waals surface area contributed by atoms with Crippen LogP contribution in [0.2, 0.25) is 0 Å². The summed E-state index contributed by atoms with van der Waals surface area (Å²) in [4.78, 5) is 25.0. The molecule has 27 heavy (non-hydrogen) atoms. The van der Waals surface area contributed by atoms with Gasteiger partial charge in [-0.05, 0) is 30.5 Å². The predicted molar refractivity (Wildman–Crippen MR) is 104 cm³/mol. The molecule has 0 amide bonds. The van der Waals surface area contributed by atoms with Crippen LogP contribution in [0.3, 0.4) is 0 Å². The Morgan fingerprint density at radius 3 is 2.63 bits per heavy atom. The maximum absolute atomic E-state index is 12.5. The topological polar surface area (TPSA) is 61.5 Å². The molecule has 1 saturated carbocycles. The summed E-state index contributed by atoms with van der Waals surface area (Å²) < 4.78 is 5.43. The molecule has 0 unspecified atom stereocenters. The zero-order valence-electron chi connectivity index (χ0n) is 15.6. The summed E-state index contributed by atoms with van der Waals surface area (Å²) in [5.41, 5.74) is 4.48. The van der Waals surface area contributed by atoms with Gasteiger partial charge in [-0.25, -0.2) is 4.98 Å². The van der Waals surface area contributed by atoms with Crippen LogP contribution in [0.4, 0.5) is 5.69 Å². The summed E-state index contributed by atoms with van der Waals surface area (Å²) >= 11 is 0. The molecule has 2 aliphatic heterocycles. The number of ether oxygens (including phenoxy) is 1. The van der Waals surface area contributed by atoms with Crippen molar-refractivity contribution in [1.29, 1.82) is 0 Å². The minimum atomic E-state index is 0.0641. The van der Waals surface area contributed by atoms with Gasteiger partial charge in [-0.3, -0.25) is 9.69 Å². The van der Waals surface area contributed by atoms with Gasteiger partial charge in [0.05, 0.1) is 24.5 Å². The average molecular weight is 366 g/mol. The lowest BCUT2D eigenvalue weighted by molar-refractivity contribution is 0.122. The van der Waals surface area contributed by atoms with Gasteiger partial charge in [-0.15, -0.1) is 0 Å². The summed E-state index contributed by atoms with van der Waals surface area (Å²) in [7, 11) is 0. The zero-order chi connectivity index (χ0) is 18.2. The normalized spacial score (nSPS) is 20.5. The molecule has 6 heteroatoms. The van der Waals surface area contributed by atoms with Gasteiger partial charge in [0, 0.05) is 50.7 Å². The lowest BCUT2D eigenvalue weighted by Crippen LogP contribution is -2.36. The monoisotopic (exact) mass is 366 g/mol. The predicted octanol–water partition coefficient (Wildman–Crippen LogP) is 2.04. The third-order valence-electron chi connectivity index (χ3n) is 5.85. The molecule has 2 aromatic rings. The van der Waals surface area contributed by atoms with E-state index in [4.69, 9.17) is 9.72 Å². The van der Waals surface area contributed by atoms with Crippen molar-refractivity contribution in [2.24, 2.45) is 0 Å². The van der Waals surface area contributed by atoms with E-state index < -0.39 is 0 Å². The van der Waals surface area contributed by atoms with Gasteiger partial charge in [0.2, 0.25) is 0 Å². The van der Waals surface area contributed by atoms with E-state index in [-0.39, 0.29) is 5.56 Å². The van der Waals surface area contributed by atoms with E-state index in [1.54, 1.807) is 0 Å². The van der Waals surface area contributed by atoms with Crippen LogP contribution < -0.4 is 10.5 Å². The van der Waals surface area contributed by atoms with Gasteiger partial charge in [0.1, 0.15) is 5.82 Å². The highest BCUT2D eigenvalue weighted by Gasteiger charge is 2.29. The fourth-order valence-corrected chi connectivity index (χ4v) is 4.08. The van der Waals surface area contributed by atoms with E-state index in [1.807, 2.05) is 0 Å². The van der Waals surface area contributed by atoms with E-state index in [9.17, 15) is 4.79 Å². The number of morpholine rings is 1. The molecule has 3 heterocycles. The van der Waals surface area contributed by atoms with Crippen LogP contribution in [0, 0.1) is 0 Å². The molecule has 0 spiro atoms. The molecule has 1 aromatic heterocycles. The number of anilines is 1. The zero-order valence-corrected chi connectivity index (χ0v) is 15.6. The van der Waals surface area contributed by atoms with Gasteiger partial charge in [-0.2, -0.15) is 0 Å². The van der Waals surface area contributed by atoms with E-state index >= 15 is 0 Å². The molecule has 0 radical (unpaired) electrons. The fourth-order valence-electron chi connectivity index (χ4n) is 4.08. The quantitative estimate of drug-likeness (QED) is 0.897. The Kier molecular flexibility index (Phi) is 4.45. The number of benzene rings is 1. The molecule has 1 saturated heterocycles. The van der Waals surface area contributed by atoms with E-state index in [2.05, 4.69) is 39.0 Å². The molecule has 1 aromatic carbocycles. The fraction of sp³-hybridized carbons (Fsp3) is 0.524. The van der Waals surface area contributed by atoms with Crippen LogP contribution in [0.1, 0.15) is 41.4 Å². The van der Waals surface area contributed by atoms with Gasteiger partial charge in [0.15, 0.2) is 0 Å². The first-order valence-corrected chi connectivity index (χ1v) is 10.0.